The third-order valence-electron chi connectivity index (χ3n) is 1.08. The molecule has 0 bridgehead atoms. The molecule has 6 heteroatoms. The minimum atomic E-state index is -0.550. The lowest BCUT2D eigenvalue weighted by Gasteiger charge is -1.87. The van der Waals surface area contributed by atoms with E-state index in [1.807, 2.05) is 0 Å². The number of imidazole rings is 1. The number of alkyl halides is 1. The van der Waals surface area contributed by atoms with Gasteiger partial charge in [-0.2, -0.15) is 4.98 Å². The summed E-state index contributed by atoms with van der Waals surface area (Å²) in [6.45, 7) is 0. The standard InChI is InChI=1S/C6H4BrN3O2/c7-3-1-2-5-6(10(11)12)9-4-8-5/h4H,3H2,(H,8,9). The maximum absolute atomic E-state index is 10.3. The summed E-state index contributed by atoms with van der Waals surface area (Å²) in [4.78, 5) is 15.8. The Kier molecular flexibility index (Phi) is 2.82. The van der Waals surface area contributed by atoms with Crippen molar-refractivity contribution < 1.29 is 4.92 Å². The van der Waals surface area contributed by atoms with Crippen molar-refractivity contribution in [3.8, 4) is 11.8 Å². The van der Waals surface area contributed by atoms with Crippen LogP contribution in [-0.4, -0.2) is 20.2 Å². The molecular formula is C6H4BrN3O2. The van der Waals surface area contributed by atoms with E-state index in [1.165, 1.54) is 6.33 Å². The smallest absolute Gasteiger partial charge is 0.356 e. The average Bonchev–Trinajstić information content (AvgIpc) is 2.48. The number of aromatic amines is 1. The Labute approximate surface area is 76.5 Å². The summed E-state index contributed by atoms with van der Waals surface area (Å²) in [5.41, 5.74) is 0.166. The molecule has 1 rings (SSSR count). The molecule has 0 aromatic carbocycles. The Morgan fingerprint density at radius 2 is 2.58 bits per heavy atom. The maximum Gasteiger partial charge on any atom is 0.356 e. The van der Waals surface area contributed by atoms with Gasteiger partial charge < -0.3 is 10.1 Å². The van der Waals surface area contributed by atoms with Gasteiger partial charge in [0.05, 0.1) is 5.33 Å². The van der Waals surface area contributed by atoms with Crippen molar-refractivity contribution in [1.82, 2.24) is 9.97 Å². The summed E-state index contributed by atoms with van der Waals surface area (Å²) in [5.74, 6) is 5.01. The van der Waals surface area contributed by atoms with Crippen molar-refractivity contribution >= 4 is 21.7 Å². The van der Waals surface area contributed by atoms with Crippen LogP contribution in [0.15, 0.2) is 6.33 Å². The van der Waals surface area contributed by atoms with Gasteiger partial charge in [-0.3, -0.25) is 0 Å². The molecule has 0 aliphatic rings. The minimum absolute atomic E-state index is 0.163. The molecular weight excluding hydrogens is 226 g/mol. The second-order valence-corrected chi connectivity index (χ2v) is 2.35. The molecule has 0 aliphatic heterocycles. The molecule has 1 aromatic rings. The number of H-pyrrole nitrogens is 1. The molecule has 1 N–H and O–H groups in total. The number of hydrogen-bond donors (Lipinski definition) is 1. The van der Waals surface area contributed by atoms with E-state index < -0.39 is 4.92 Å². The molecule has 0 spiro atoms. The lowest BCUT2D eigenvalue weighted by atomic mass is 10.4. The van der Waals surface area contributed by atoms with Gasteiger partial charge in [0.2, 0.25) is 5.69 Å². The lowest BCUT2D eigenvalue weighted by molar-refractivity contribution is -0.389. The topological polar surface area (TPSA) is 71.8 Å². The molecule has 0 amide bonds. The van der Waals surface area contributed by atoms with Crippen LogP contribution in [0.1, 0.15) is 5.69 Å². The molecule has 1 aromatic heterocycles. The van der Waals surface area contributed by atoms with Crippen LogP contribution >= 0.6 is 15.9 Å². The van der Waals surface area contributed by atoms with Gasteiger partial charge in [-0.1, -0.05) is 21.9 Å². The number of aromatic nitrogens is 2. The summed E-state index contributed by atoms with van der Waals surface area (Å²) >= 11 is 3.08. The van der Waals surface area contributed by atoms with Crippen molar-refractivity contribution in [2.45, 2.75) is 0 Å². The van der Waals surface area contributed by atoms with E-state index in [2.05, 4.69) is 37.7 Å². The van der Waals surface area contributed by atoms with E-state index in [0.717, 1.165) is 0 Å². The zero-order valence-corrected chi connectivity index (χ0v) is 7.46. The fourth-order valence-electron chi connectivity index (χ4n) is 0.635. The Balaban J connectivity index is 2.99. The number of hydrogen-bond acceptors (Lipinski definition) is 3. The van der Waals surface area contributed by atoms with Gasteiger partial charge in [0.15, 0.2) is 6.33 Å². The van der Waals surface area contributed by atoms with E-state index in [9.17, 15) is 10.1 Å². The molecule has 1 heterocycles. The third kappa shape index (κ3) is 1.83. The fraction of sp³-hybridized carbons (Fsp3) is 0.167. The molecule has 0 unspecified atom stereocenters. The molecule has 5 nitrogen and oxygen atoms in total. The highest BCUT2D eigenvalue weighted by molar-refractivity contribution is 9.09. The Hall–Kier alpha value is -1.35. The van der Waals surface area contributed by atoms with Crippen molar-refractivity contribution in [2.24, 2.45) is 0 Å². The largest absolute Gasteiger partial charge is 0.358 e. The number of nitrogens with zero attached hydrogens (tertiary/aromatic N) is 2. The molecule has 0 aliphatic carbocycles. The Morgan fingerprint density at radius 3 is 3.17 bits per heavy atom. The number of halogens is 1. The Bertz CT molecular complexity index is 349. The third-order valence-corrected chi connectivity index (χ3v) is 1.36. The van der Waals surface area contributed by atoms with Crippen LogP contribution in [0.25, 0.3) is 0 Å². The zero-order chi connectivity index (χ0) is 8.97. The first-order chi connectivity index (χ1) is 5.75. The van der Waals surface area contributed by atoms with Gasteiger partial charge >= 0.3 is 5.82 Å². The van der Waals surface area contributed by atoms with Gasteiger partial charge in [0.25, 0.3) is 0 Å². The molecule has 0 saturated carbocycles. The summed E-state index contributed by atoms with van der Waals surface area (Å²) in [5, 5.41) is 10.8. The quantitative estimate of drug-likeness (QED) is 0.339. The van der Waals surface area contributed by atoms with Gasteiger partial charge in [0, 0.05) is 0 Å². The van der Waals surface area contributed by atoms with Gasteiger partial charge in [-0.25, -0.2) is 4.98 Å². The van der Waals surface area contributed by atoms with Crippen molar-refractivity contribution in [2.75, 3.05) is 5.33 Å². The van der Waals surface area contributed by atoms with Crippen LogP contribution in [-0.2, 0) is 0 Å². The van der Waals surface area contributed by atoms with Crippen molar-refractivity contribution in [3.63, 3.8) is 0 Å². The fourth-order valence-corrected chi connectivity index (χ4v) is 0.775. The summed E-state index contributed by atoms with van der Waals surface area (Å²) in [7, 11) is 0. The van der Waals surface area contributed by atoms with Gasteiger partial charge in [0.1, 0.15) is 0 Å². The van der Waals surface area contributed by atoms with E-state index >= 15 is 0 Å². The monoisotopic (exact) mass is 229 g/mol. The number of nitrogens with one attached hydrogen (secondary N) is 1. The van der Waals surface area contributed by atoms with Crippen LogP contribution in [0.4, 0.5) is 5.82 Å². The highest BCUT2D eigenvalue weighted by atomic mass is 79.9. The predicted molar refractivity (Wildman–Crippen MR) is 45.9 cm³/mol. The molecule has 12 heavy (non-hydrogen) atoms. The first-order valence-corrected chi connectivity index (χ1v) is 4.10. The highest BCUT2D eigenvalue weighted by Gasteiger charge is 2.11. The van der Waals surface area contributed by atoms with E-state index in [0.29, 0.717) is 5.33 Å². The minimum Gasteiger partial charge on any atom is -0.358 e. The van der Waals surface area contributed by atoms with Crippen molar-refractivity contribution in [1.29, 1.82) is 0 Å². The van der Waals surface area contributed by atoms with E-state index in [-0.39, 0.29) is 11.5 Å². The molecule has 0 saturated heterocycles. The van der Waals surface area contributed by atoms with Crippen LogP contribution in [0.2, 0.25) is 0 Å². The van der Waals surface area contributed by atoms with Crippen LogP contribution in [0.3, 0.4) is 0 Å². The van der Waals surface area contributed by atoms with Crippen LogP contribution < -0.4 is 0 Å². The van der Waals surface area contributed by atoms with Crippen LogP contribution in [0, 0.1) is 22.0 Å². The molecule has 0 atom stereocenters. The lowest BCUT2D eigenvalue weighted by Crippen LogP contribution is -1.90. The SMILES string of the molecule is O=[N+]([O-])c1[nH]cnc1C#CCBr. The number of nitro groups is 1. The van der Waals surface area contributed by atoms with Gasteiger partial charge in [-0.05, 0) is 10.8 Å². The van der Waals surface area contributed by atoms with E-state index in [4.69, 9.17) is 0 Å². The highest BCUT2D eigenvalue weighted by Crippen LogP contribution is 2.09. The molecule has 0 radical (unpaired) electrons. The van der Waals surface area contributed by atoms with E-state index in [1.54, 1.807) is 0 Å². The second kappa shape index (κ2) is 3.88. The van der Waals surface area contributed by atoms with Crippen LogP contribution in [0.5, 0.6) is 0 Å². The van der Waals surface area contributed by atoms with Crippen molar-refractivity contribution in [3.05, 3.63) is 22.1 Å². The summed E-state index contributed by atoms with van der Waals surface area (Å²) < 4.78 is 0. The zero-order valence-electron chi connectivity index (χ0n) is 5.87. The molecule has 0 fully saturated rings. The first-order valence-electron chi connectivity index (χ1n) is 2.98. The number of rotatable bonds is 1. The summed E-state index contributed by atoms with van der Waals surface area (Å²) in [6, 6.07) is 0. The second-order valence-electron chi connectivity index (χ2n) is 1.79. The normalized spacial score (nSPS) is 8.75. The predicted octanol–water partition coefficient (Wildman–Crippen LogP) is 1.06. The average molecular weight is 230 g/mol. The maximum atomic E-state index is 10.3. The summed E-state index contributed by atoms with van der Waals surface area (Å²) in [6.07, 6.45) is 1.25. The first kappa shape index (κ1) is 8.74. The molecule has 62 valence electrons. The van der Waals surface area contributed by atoms with Gasteiger partial charge in [-0.15, -0.1) is 0 Å². The Morgan fingerprint density at radius 1 is 1.83 bits per heavy atom.